The number of hydrogen-bond donors (Lipinski definition) is 2. The Hall–Kier alpha value is -4.12. The third kappa shape index (κ3) is 7.98. The number of carboxylic acids is 1. The van der Waals surface area contributed by atoms with Crippen LogP contribution in [-0.2, 0) is 19.0 Å². The first-order chi connectivity index (χ1) is 17.2. The van der Waals surface area contributed by atoms with Crippen LogP contribution in [0.4, 0.5) is 9.59 Å². The number of hydrogen-bond acceptors (Lipinski definition) is 10. The monoisotopic (exact) mass is 503 g/mol. The molecule has 0 aliphatic rings. The molecule has 2 rings (SSSR count). The first-order valence-corrected chi connectivity index (χ1v) is 11.2. The lowest BCUT2D eigenvalue weighted by molar-refractivity contribution is -0.139. The van der Waals surface area contributed by atoms with Gasteiger partial charge < -0.3 is 34.5 Å². The van der Waals surface area contributed by atoms with Gasteiger partial charge in [-0.15, -0.1) is 0 Å². The van der Waals surface area contributed by atoms with E-state index in [1.165, 1.54) is 18.2 Å². The maximum atomic E-state index is 12.3. The number of rotatable bonds is 11. The first-order valence-electron chi connectivity index (χ1n) is 11.2. The fourth-order valence-electron chi connectivity index (χ4n) is 3.38. The lowest BCUT2D eigenvalue weighted by Crippen LogP contribution is -2.40. The normalized spacial score (nSPS) is 13.0. The number of ether oxygens (including phenoxy) is 5. The van der Waals surface area contributed by atoms with Crippen LogP contribution < -0.4 is 15.2 Å². The Morgan fingerprint density at radius 3 is 2.00 bits per heavy atom. The second-order valence-electron chi connectivity index (χ2n) is 7.61. The average molecular weight is 504 g/mol. The van der Waals surface area contributed by atoms with E-state index in [1.807, 2.05) is 0 Å². The minimum atomic E-state index is -1.40. The molecule has 3 atom stereocenters. The van der Waals surface area contributed by atoms with E-state index >= 15 is 0 Å². The van der Waals surface area contributed by atoms with Gasteiger partial charge >= 0.3 is 24.2 Å². The van der Waals surface area contributed by atoms with Crippen molar-refractivity contribution in [3.05, 3.63) is 59.7 Å². The Labute approximate surface area is 208 Å². The van der Waals surface area contributed by atoms with Crippen LogP contribution in [0.3, 0.4) is 0 Å². The van der Waals surface area contributed by atoms with Crippen LogP contribution in [0, 0.1) is 5.92 Å². The minimum Gasteiger partial charge on any atom is -0.480 e. The molecule has 36 heavy (non-hydrogen) atoms. The molecule has 3 N–H and O–H groups in total. The van der Waals surface area contributed by atoms with Gasteiger partial charge in [-0.3, -0.25) is 4.79 Å². The molecule has 11 nitrogen and oxygen atoms in total. The van der Waals surface area contributed by atoms with E-state index in [1.54, 1.807) is 51.1 Å². The molecule has 0 aliphatic carbocycles. The smallest absolute Gasteiger partial charge is 0.480 e. The highest BCUT2D eigenvalue weighted by Gasteiger charge is 2.33. The molecule has 0 saturated heterocycles. The predicted molar refractivity (Wildman–Crippen MR) is 126 cm³/mol. The molecule has 194 valence electrons. The summed E-state index contributed by atoms with van der Waals surface area (Å²) >= 11 is 0. The van der Waals surface area contributed by atoms with Crippen molar-refractivity contribution in [3.63, 3.8) is 0 Å². The highest BCUT2D eigenvalue weighted by Crippen LogP contribution is 2.36. The van der Waals surface area contributed by atoms with Gasteiger partial charge in [0.15, 0.2) is 11.5 Å². The zero-order valence-electron chi connectivity index (χ0n) is 20.2. The van der Waals surface area contributed by atoms with Crippen molar-refractivity contribution in [2.24, 2.45) is 11.7 Å². The number of carbonyl (C=O) groups excluding carboxylic acids is 3. The summed E-state index contributed by atoms with van der Waals surface area (Å²) in [6, 6.07) is 11.0. The van der Waals surface area contributed by atoms with E-state index in [4.69, 9.17) is 29.4 Å². The van der Waals surface area contributed by atoms with E-state index in [9.17, 15) is 24.3 Å². The number of nitrogens with two attached hydrogens (primary N) is 1. The van der Waals surface area contributed by atoms with Crippen molar-refractivity contribution in [1.29, 1.82) is 0 Å². The number of aliphatic carboxylic acids is 1. The van der Waals surface area contributed by atoms with E-state index in [0.29, 0.717) is 11.1 Å². The lowest BCUT2D eigenvalue weighted by atomic mass is 9.82. The standard InChI is InChI=1S/C25H29NO10/c1-4-32-24(30)35-18-12-11-17(13-19(18)36-25(31)33-5-2)20(21(26)22(27)28)15(3)14-34-23(29)16-9-7-6-8-10-16/h6-13,15,20-21H,4-5,14,26H2,1-3H3,(H,27,28)/t15-,20?,21-/m0/s1. The van der Waals surface area contributed by atoms with E-state index < -0.39 is 42.1 Å². The zero-order chi connectivity index (χ0) is 26.7. The second kappa shape index (κ2) is 13.7. The highest BCUT2D eigenvalue weighted by molar-refractivity contribution is 5.89. The Bertz CT molecular complexity index is 1060. The van der Waals surface area contributed by atoms with Crippen LogP contribution in [0.1, 0.15) is 42.6 Å². The van der Waals surface area contributed by atoms with Crippen LogP contribution >= 0.6 is 0 Å². The van der Waals surface area contributed by atoms with Crippen molar-refractivity contribution in [2.75, 3.05) is 19.8 Å². The SMILES string of the molecule is CCOC(=O)Oc1ccc(C([C@H](N)C(=O)O)[C@@H](C)COC(=O)c2ccccc2)cc1OC(=O)OCC. The molecule has 2 aromatic rings. The number of esters is 1. The van der Waals surface area contributed by atoms with Crippen LogP contribution in [0.2, 0.25) is 0 Å². The quantitative estimate of drug-likeness (QED) is 0.261. The molecule has 0 radical (unpaired) electrons. The Kier molecular flexibility index (Phi) is 10.7. The maximum Gasteiger partial charge on any atom is 0.513 e. The Morgan fingerprint density at radius 2 is 1.44 bits per heavy atom. The van der Waals surface area contributed by atoms with Gasteiger partial charge in [-0.1, -0.05) is 31.2 Å². The molecule has 0 fully saturated rings. The van der Waals surface area contributed by atoms with Gasteiger partial charge in [-0.25, -0.2) is 14.4 Å². The van der Waals surface area contributed by atoms with Gasteiger partial charge in [0.05, 0.1) is 25.4 Å². The summed E-state index contributed by atoms with van der Waals surface area (Å²) in [4.78, 5) is 47.9. The van der Waals surface area contributed by atoms with Crippen molar-refractivity contribution in [3.8, 4) is 11.5 Å². The van der Waals surface area contributed by atoms with Gasteiger partial charge in [-0.2, -0.15) is 0 Å². The van der Waals surface area contributed by atoms with Gasteiger partial charge in [0.1, 0.15) is 6.04 Å². The molecule has 0 spiro atoms. The average Bonchev–Trinajstić information content (AvgIpc) is 2.84. The molecule has 2 aromatic carbocycles. The first kappa shape index (κ1) is 28.1. The summed E-state index contributed by atoms with van der Waals surface area (Å²) in [5, 5.41) is 9.61. The zero-order valence-corrected chi connectivity index (χ0v) is 20.2. The molecule has 1 unspecified atom stereocenters. The molecule has 11 heteroatoms. The van der Waals surface area contributed by atoms with Crippen molar-refractivity contribution in [2.45, 2.75) is 32.7 Å². The fourth-order valence-corrected chi connectivity index (χ4v) is 3.38. The summed E-state index contributed by atoms with van der Waals surface area (Å²) in [7, 11) is 0. The van der Waals surface area contributed by atoms with Crippen molar-refractivity contribution in [1.82, 2.24) is 0 Å². The van der Waals surface area contributed by atoms with Crippen LogP contribution in [0.15, 0.2) is 48.5 Å². The van der Waals surface area contributed by atoms with E-state index in [-0.39, 0.29) is 31.3 Å². The summed E-state index contributed by atoms with van der Waals surface area (Å²) in [5.74, 6) is -3.69. The van der Waals surface area contributed by atoms with E-state index in [2.05, 4.69) is 0 Å². The van der Waals surface area contributed by atoms with E-state index in [0.717, 1.165) is 0 Å². The lowest BCUT2D eigenvalue weighted by Gasteiger charge is -2.28. The van der Waals surface area contributed by atoms with Gasteiger partial charge in [-0.05, 0) is 49.6 Å². The number of carboxylic acid groups (broad SMARTS) is 1. The summed E-state index contributed by atoms with van der Waals surface area (Å²) in [6.45, 7) is 4.77. The molecule has 0 amide bonds. The summed E-state index contributed by atoms with van der Waals surface area (Å²) in [6.07, 6.45) is -2.09. The highest BCUT2D eigenvalue weighted by atomic mass is 16.7. The largest absolute Gasteiger partial charge is 0.513 e. The van der Waals surface area contributed by atoms with Gasteiger partial charge in [0.25, 0.3) is 0 Å². The van der Waals surface area contributed by atoms with Crippen LogP contribution in [0.5, 0.6) is 11.5 Å². The Balaban J connectivity index is 2.35. The second-order valence-corrected chi connectivity index (χ2v) is 7.61. The third-order valence-corrected chi connectivity index (χ3v) is 5.04. The summed E-state index contributed by atoms with van der Waals surface area (Å²) in [5.41, 5.74) is 6.67. The summed E-state index contributed by atoms with van der Waals surface area (Å²) < 4.78 is 25.2. The topological polar surface area (TPSA) is 161 Å². The molecule has 0 heterocycles. The van der Waals surface area contributed by atoms with Crippen molar-refractivity contribution < 1.29 is 48.0 Å². The fraction of sp³-hybridized carbons (Fsp3) is 0.360. The molecule has 0 bridgehead atoms. The Morgan fingerprint density at radius 1 is 0.861 bits per heavy atom. The molecule has 0 aromatic heterocycles. The molecular formula is C25H29NO10. The van der Waals surface area contributed by atoms with Crippen LogP contribution in [-0.4, -0.2) is 55.2 Å². The van der Waals surface area contributed by atoms with Crippen LogP contribution in [0.25, 0.3) is 0 Å². The van der Waals surface area contributed by atoms with Gasteiger partial charge in [0.2, 0.25) is 0 Å². The molecular weight excluding hydrogens is 474 g/mol. The third-order valence-electron chi connectivity index (χ3n) is 5.04. The molecule has 0 aliphatic heterocycles. The predicted octanol–water partition coefficient (Wildman–Crippen LogP) is 3.75. The minimum absolute atomic E-state index is 0.0307. The van der Waals surface area contributed by atoms with Crippen molar-refractivity contribution >= 4 is 24.2 Å². The number of benzene rings is 2. The maximum absolute atomic E-state index is 12.3. The number of carbonyl (C=O) groups is 4. The van der Waals surface area contributed by atoms with Gasteiger partial charge in [0, 0.05) is 5.92 Å². The molecule has 0 saturated carbocycles.